The van der Waals surface area contributed by atoms with E-state index >= 15 is 0 Å². The molecule has 184 valence electrons. The topological polar surface area (TPSA) is 117 Å². The van der Waals surface area contributed by atoms with E-state index in [2.05, 4.69) is 15.7 Å². The minimum Gasteiger partial charge on any atom is -0.493 e. The van der Waals surface area contributed by atoms with Crippen LogP contribution < -0.4 is 24.8 Å². The van der Waals surface area contributed by atoms with Crippen LogP contribution in [0.2, 0.25) is 0 Å². The number of benzene rings is 1. The highest BCUT2D eigenvalue weighted by molar-refractivity contribution is 7.98. The molecule has 0 atom stereocenters. The van der Waals surface area contributed by atoms with Gasteiger partial charge in [-0.3, -0.25) is 9.59 Å². The first-order valence-corrected chi connectivity index (χ1v) is 11.9. The Bertz CT molecular complexity index is 1210. The quantitative estimate of drug-likeness (QED) is 0.409. The number of nitrogens with one attached hydrogen (secondary N) is 2. The van der Waals surface area contributed by atoms with E-state index in [4.69, 9.17) is 18.6 Å². The van der Waals surface area contributed by atoms with Crippen LogP contribution in [0.3, 0.4) is 0 Å². The molecule has 4 rings (SSSR count). The van der Waals surface area contributed by atoms with Crippen LogP contribution in [0.15, 0.2) is 41.0 Å². The number of thioether (sulfide) groups is 1. The molecule has 3 heterocycles. The van der Waals surface area contributed by atoms with Gasteiger partial charge in [0.15, 0.2) is 11.5 Å². The largest absolute Gasteiger partial charge is 0.493 e. The van der Waals surface area contributed by atoms with Gasteiger partial charge in [0.1, 0.15) is 18.1 Å². The number of hydrogen-bond acceptors (Lipinski definition) is 8. The lowest BCUT2D eigenvalue weighted by atomic mass is 10.1. The summed E-state index contributed by atoms with van der Waals surface area (Å²) in [6, 6.07) is 7.03. The van der Waals surface area contributed by atoms with E-state index in [-0.39, 0.29) is 24.9 Å². The zero-order chi connectivity index (χ0) is 24.8. The zero-order valence-corrected chi connectivity index (χ0v) is 20.4. The number of rotatable bonds is 10. The number of hydrogen-bond donors (Lipinski definition) is 2. The molecule has 0 aliphatic carbocycles. The van der Waals surface area contributed by atoms with Crippen molar-refractivity contribution in [2.45, 2.75) is 24.6 Å². The third kappa shape index (κ3) is 5.62. The van der Waals surface area contributed by atoms with Crippen LogP contribution in [0.4, 0.5) is 5.82 Å². The molecule has 3 aromatic rings. The van der Waals surface area contributed by atoms with Crippen LogP contribution in [0.1, 0.15) is 22.6 Å². The first kappa shape index (κ1) is 24.3. The predicted octanol–water partition coefficient (Wildman–Crippen LogP) is 3.22. The normalized spacial score (nSPS) is 12.4. The smallest absolute Gasteiger partial charge is 0.249 e. The summed E-state index contributed by atoms with van der Waals surface area (Å²) in [6.07, 6.45) is 4.60. The van der Waals surface area contributed by atoms with Gasteiger partial charge in [-0.1, -0.05) is 0 Å². The van der Waals surface area contributed by atoms with Crippen molar-refractivity contribution in [1.29, 1.82) is 0 Å². The number of methoxy groups -OCH3 is 3. The highest BCUT2D eigenvalue weighted by Gasteiger charge is 2.24. The van der Waals surface area contributed by atoms with Gasteiger partial charge in [-0.2, -0.15) is 16.9 Å². The Morgan fingerprint density at radius 3 is 2.60 bits per heavy atom. The average molecular weight is 499 g/mol. The van der Waals surface area contributed by atoms with E-state index in [0.717, 1.165) is 22.8 Å². The maximum atomic E-state index is 12.8. The fourth-order valence-corrected chi connectivity index (χ4v) is 4.67. The molecule has 2 N–H and O–H groups in total. The Labute approximate surface area is 206 Å². The fourth-order valence-electron chi connectivity index (χ4n) is 3.64. The molecule has 10 nitrogen and oxygen atoms in total. The van der Waals surface area contributed by atoms with E-state index in [0.29, 0.717) is 34.4 Å². The summed E-state index contributed by atoms with van der Waals surface area (Å²) in [5.41, 5.74) is 2.50. The van der Waals surface area contributed by atoms with E-state index in [1.54, 1.807) is 48.4 Å². The lowest BCUT2D eigenvalue weighted by Gasteiger charge is -2.13. The average Bonchev–Trinajstić information content (AvgIpc) is 3.61. The van der Waals surface area contributed by atoms with Crippen LogP contribution in [0.5, 0.6) is 17.2 Å². The molecule has 0 saturated carbocycles. The second kappa shape index (κ2) is 11.0. The van der Waals surface area contributed by atoms with Crippen molar-refractivity contribution in [1.82, 2.24) is 15.1 Å². The van der Waals surface area contributed by atoms with Crippen molar-refractivity contribution in [3.8, 4) is 17.2 Å². The highest BCUT2D eigenvalue weighted by Crippen LogP contribution is 2.38. The summed E-state index contributed by atoms with van der Waals surface area (Å²) >= 11 is 1.71. The maximum Gasteiger partial charge on any atom is 0.249 e. The molecular formula is C24H26N4O6S. The lowest BCUT2D eigenvalue weighted by Crippen LogP contribution is -2.28. The van der Waals surface area contributed by atoms with Gasteiger partial charge in [0.25, 0.3) is 0 Å². The molecular weight excluding hydrogens is 472 g/mol. The molecule has 35 heavy (non-hydrogen) atoms. The van der Waals surface area contributed by atoms with Crippen molar-refractivity contribution < 1.29 is 28.2 Å². The van der Waals surface area contributed by atoms with Gasteiger partial charge in [0.05, 0.1) is 39.8 Å². The summed E-state index contributed by atoms with van der Waals surface area (Å²) in [5, 5.41) is 10.2. The third-order valence-electron chi connectivity index (χ3n) is 5.31. The van der Waals surface area contributed by atoms with Gasteiger partial charge in [-0.25, -0.2) is 4.68 Å². The zero-order valence-electron chi connectivity index (χ0n) is 19.6. The Balaban J connectivity index is 1.47. The highest BCUT2D eigenvalue weighted by atomic mass is 32.2. The van der Waals surface area contributed by atoms with Crippen LogP contribution in [0.25, 0.3) is 6.08 Å². The molecule has 1 aliphatic heterocycles. The lowest BCUT2D eigenvalue weighted by molar-refractivity contribution is -0.122. The second-order valence-electron chi connectivity index (χ2n) is 7.56. The number of anilines is 1. The van der Waals surface area contributed by atoms with Crippen molar-refractivity contribution in [3.63, 3.8) is 0 Å². The molecule has 0 saturated heterocycles. The van der Waals surface area contributed by atoms with E-state index in [1.165, 1.54) is 32.1 Å². The molecule has 2 amide bonds. The van der Waals surface area contributed by atoms with Crippen LogP contribution in [-0.4, -0.2) is 42.9 Å². The molecule has 0 radical (unpaired) electrons. The summed E-state index contributed by atoms with van der Waals surface area (Å²) < 4.78 is 22.8. The van der Waals surface area contributed by atoms with Gasteiger partial charge in [-0.15, -0.1) is 0 Å². The number of furan rings is 1. The number of carbonyl (C=O) groups excluding carboxylic acids is 2. The first-order chi connectivity index (χ1) is 17.0. The summed E-state index contributed by atoms with van der Waals surface area (Å²) in [4.78, 5) is 25.3. The number of ether oxygens (including phenoxy) is 3. The molecule has 1 aromatic carbocycles. The first-order valence-electron chi connectivity index (χ1n) is 10.8. The summed E-state index contributed by atoms with van der Waals surface area (Å²) in [5.74, 6) is 3.49. The number of carbonyl (C=O) groups is 2. The van der Waals surface area contributed by atoms with E-state index in [9.17, 15) is 9.59 Å². The van der Waals surface area contributed by atoms with Crippen LogP contribution in [0, 0.1) is 0 Å². The molecule has 0 bridgehead atoms. The molecule has 11 heteroatoms. The molecule has 0 unspecified atom stereocenters. The maximum absolute atomic E-state index is 12.8. The molecule has 1 aliphatic rings. The second-order valence-corrected chi connectivity index (χ2v) is 8.55. The Morgan fingerprint density at radius 1 is 1.17 bits per heavy atom. The summed E-state index contributed by atoms with van der Waals surface area (Å²) in [7, 11) is 4.59. The monoisotopic (exact) mass is 498 g/mol. The van der Waals surface area contributed by atoms with Gasteiger partial charge >= 0.3 is 0 Å². The van der Waals surface area contributed by atoms with Gasteiger partial charge in [-0.05, 0) is 35.9 Å². The third-order valence-corrected chi connectivity index (χ3v) is 6.28. The predicted molar refractivity (Wildman–Crippen MR) is 132 cm³/mol. The number of aromatic nitrogens is 2. The van der Waals surface area contributed by atoms with Crippen LogP contribution in [-0.2, 0) is 34.2 Å². The molecule has 0 spiro atoms. The summed E-state index contributed by atoms with van der Waals surface area (Å²) in [6.45, 7) is 0.256. The Kier molecular flexibility index (Phi) is 7.66. The molecule has 0 fully saturated rings. The molecule has 2 aromatic heterocycles. The number of amides is 2. The number of fused-ring (bicyclic) bond motifs is 1. The minimum atomic E-state index is -0.351. The standard InChI is InChI=1S/C24H26N4O6S/c1-31-19-9-15(10-20(32-2)23(19)33-3)6-7-21(29)26-24-17-13-35-14-18(17)27-28(24)12-22(30)25-11-16-5-4-8-34-16/h4-10H,11-14H2,1-3H3,(H,25,30)(H,26,29)/b7-6-. The van der Waals surface area contributed by atoms with Crippen molar-refractivity contribution in [2.24, 2.45) is 0 Å². The van der Waals surface area contributed by atoms with E-state index < -0.39 is 0 Å². The van der Waals surface area contributed by atoms with E-state index in [1.807, 2.05) is 0 Å². The minimum absolute atomic E-state index is 0.0232. The van der Waals surface area contributed by atoms with Gasteiger partial charge in [0, 0.05) is 23.1 Å². The fraction of sp³-hybridized carbons (Fsp3) is 0.292. The Hall–Kier alpha value is -3.86. The van der Waals surface area contributed by atoms with Crippen LogP contribution >= 0.6 is 11.8 Å². The number of nitrogens with zero attached hydrogens (tertiary/aromatic N) is 2. The van der Waals surface area contributed by atoms with Crippen molar-refractivity contribution >= 4 is 35.5 Å². The van der Waals surface area contributed by atoms with Gasteiger partial charge in [0.2, 0.25) is 17.6 Å². The SMILES string of the molecule is COc1cc(/C=C\C(=O)Nc2c3c(nn2CC(=O)NCc2ccco2)CSC3)cc(OC)c1OC. The van der Waals surface area contributed by atoms with Crippen molar-refractivity contribution in [3.05, 3.63) is 59.2 Å². The Morgan fingerprint density at radius 2 is 1.94 bits per heavy atom. The van der Waals surface area contributed by atoms with Crippen molar-refractivity contribution in [2.75, 3.05) is 26.6 Å². The van der Waals surface area contributed by atoms with Gasteiger partial charge < -0.3 is 29.3 Å².